The van der Waals surface area contributed by atoms with Gasteiger partial charge in [0, 0.05) is 27.6 Å². The number of nitrogens with zero attached hydrogens (tertiary/aromatic N) is 1. The number of amides is 2. The molecular formula is C20H26BrN3O5S. The van der Waals surface area contributed by atoms with Crippen LogP contribution in [0, 0.1) is 5.92 Å². The molecule has 8 nitrogen and oxygen atoms in total. The average Bonchev–Trinajstić information content (AvgIpc) is 2.59. The minimum atomic E-state index is -4.21. The summed E-state index contributed by atoms with van der Waals surface area (Å²) in [4.78, 5) is 28.8. The zero-order valence-electron chi connectivity index (χ0n) is 17.5. The molecular weight excluding hydrogens is 474 g/mol. The van der Waals surface area contributed by atoms with Gasteiger partial charge in [0.2, 0.25) is 0 Å². The van der Waals surface area contributed by atoms with Gasteiger partial charge in [0.1, 0.15) is 11.6 Å². The fourth-order valence-electron chi connectivity index (χ4n) is 2.77. The summed E-state index contributed by atoms with van der Waals surface area (Å²) in [5.74, 6) is -0.814. The highest BCUT2D eigenvalue weighted by atomic mass is 79.9. The Morgan fingerprint density at radius 2 is 1.83 bits per heavy atom. The standard InChI is InChI=1S/C20H26BrN3O5S/c1-12(2)10-16(23-19(26)29-20(3,4)5)18(25)24-30(27,28)17-7-6-15(21)13-8-9-22-11-14(13)17/h6-9,11-12,16H,10H2,1-5H3,(H,23,26)(H,24,25)/t16-/m0/s1. The zero-order chi connectivity index (χ0) is 22.7. The first kappa shape index (κ1) is 24.1. The van der Waals surface area contributed by atoms with Crippen molar-refractivity contribution in [1.82, 2.24) is 15.0 Å². The van der Waals surface area contributed by atoms with Crippen molar-refractivity contribution in [1.29, 1.82) is 0 Å². The summed E-state index contributed by atoms with van der Waals surface area (Å²) in [6, 6.07) is 3.58. The van der Waals surface area contributed by atoms with Crippen LogP contribution in [-0.4, -0.2) is 37.0 Å². The van der Waals surface area contributed by atoms with Gasteiger partial charge in [-0.1, -0.05) is 29.8 Å². The quantitative estimate of drug-likeness (QED) is 0.625. The van der Waals surface area contributed by atoms with Gasteiger partial charge >= 0.3 is 6.09 Å². The van der Waals surface area contributed by atoms with E-state index >= 15 is 0 Å². The Balaban J connectivity index is 2.30. The molecule has 10 heteroatoms. The number of rotatable bonds is 6. The van der Waals surface area contributed by atoms with Crippen molar-refractivity contribution in [3.63, 3.8) is 0 Å². The number of nitrogens with one attached hydrogen (secondary N) is 2. The molecule has 0 fully saturated rings. The first-order valence-corrected chi connectivity index (χ1v) is 11.7. The Hall–Kier alpha value is -2.20. The van der Waals surface area contributed by atoms with Gasteiger partial charge in [-0.05, 0) is 51.3 Å². The number of fused-ring (bicyclic) bond motifs is 1. The smallest absolute Gasteiger partial charge is 0.408 e. The lowest BCUT2D eigenvalue weighted by Crippen LogP contribution is -2.50. The zero-order valence-corrected chi connectivity index (χ0v) is 19.9. The first-order chi connectivity index (χ1) is 13.8. The van der Waals surface area contributed by atoms with E-state index in [1.54, 1.807) is 39.1 Å². The van der Waals surface area contributed by atoms with Crippen LogP contribution in [0.4, 0.5) is 4.79 Å². The Bertz CT molecular complexity index is 1050. The molecule has 0 unspecified atom stereocenters. The number of hydrogen-bond acceptors (Lipinski definition) is 6. The van der Waals surface area contributed by atoms with Crippen molar-refractivity contribution >= 4 is 48.7 Å². The van der Waals surface area contributed by atoms with Crippen molar-refractivity contribution in [2.75, 3.05) is 0 Å². The maximum atomic E-state index is 13.0. The van der Waals surface area contributed by atoms with Crippen LogP contribution < -0.4 is 10.0 Å². The molecule has 0 bridgehead atoms. The first-order valence-electron chi connectivity index (χ1n) is 9.38. The molecule has 164 valence electrons. The summed E-state index contributed by atoms with van der Waals surface area (Å²) in [6.07, 6.45) is 2.41. The topological polar surface area (TPSA) is 114 Å². The van der Waals surface area contributed by atoms with Crippen LogP contribution in [0.3, 0.4) is 0 Å². The van der Waals surface area contributed by atoms with Crippen molar-refractivity contribution in [3.05, 3.63) is 35.1 Å². The molecule has 1 aromatic heterocycles. The Labute approximate surface area is 185 Å². The molecule has 0 radical (unpaired) electrons. The van der Waals surface area contributed by atoms with Gasteiger partial charge in [0.05, 0.1) is 4.90 Å². The molecule has 30 heavy (non-hydrogen) atoms. The highest BCUT2D eigenvalue weighted by molar-refractivity contribution is 9.10. The Morgan fingerprint density at radius 3 is 2.43 bits per heavy atom. The van der Waals surface area contributed by atoms with E-state index in [0.29, 0.717) is 15.2 Å². The van der Waals surface area contributed by atoms with E-state index in [0.717, 1.165) is 0 Å². The molecule has 0 saturated carbocycles. The fourth-order valence-corrected chi connectivity index (χ4v) is 4.47. The number of benzene rings is 1. The van der Waals surface area contributed by atoms with E-state index < -0.39 is 33.7 Å². The van der Waals surface area contributed by atoms with Crippen LogP contribution in [0.15, 0.2) is 40.0 Å². The van der Waals surface area contributed by atoms with Crippen molar-refractivity contribution < 1.29 is 22.7 Å². The molecule has 0 spiro atoms. The predicted octanol–water partition coefficient (Wildman–Crippen LogP) is 3.74. The predicted molar refractivity (Wildman–Crippen MR) is 117 cm³/mol. The number of carbonyl (C=O) groups excluding carboxylic acids is 2. The van der Waals surface area contributed by atoms with Crippen molar-refractivity contribution in [2.24, 2.45) is 5.92 Å². The lowest BCUT2D eigenvalue weighted by Gasteiger charge is -2.24. The lowest BCUT2D eigenvalue weighted by atomic mass is 10.0. The fraction of sp³-hybridized carbons (Fsp3) is 0.450. The van der Waals surface area contributed by atoms with Gasteiger partial charge in [0.15, 0.2) is 0 Å². The summed E-state index contributed by atoms with van der Waals surface area (Å²) >= 11 is 3.38. The van der Waals surface area contributed by atoms with E-state index in [1.807, 2.05) is 13.8 Å². The SMILES string of the molecule is CC(C)C[C@H](NC(=O)OC(C)(C)C)C(=O)NS(=O)(=O)c1ccc(Br)c2ccncc12. The second kappa shape index (κ2) is 9.30. The molecule has 2 aromatic rings. The molecule has 2 amide bonds. The monoisotopic (exact) mass is 499 g/mol. The summed E-state index contributed by atoms with van der Waals surface area (Å²) in [5.41, 5.74) is -0.752. The van der Waals surface area contributed by atoms with Crippen molar-refractivity contribution in [2.45, 2.75) is 57.6 Å². The number of carbonyl (C=O) groups is 2. The number of ether oxygens (including phenoxy) is 1. The molecule has 1 aromatic carbocycles. The second-order valence-electron chi connectivity index (χ2n) is 8.26. The summed E-state index contributed by atoms with van der Waals surface area (Å²) in [7, 11) is -4.21. The van der Waals surface area contributed by atoms with Gasteiger partial charge in [0.25, 0.3) is 15.9 Å². The molecule has 0 aliphatic rings. The number of aromatic nitrogens is 1. The highest BCUT2D eigenvalue weighted by Crippen LogP contribution is 2.28. The minimum absolute atomic E-state index is 0.0242. The van der Waals surface area contributed by atoms with Crippen LogP contribution in [0.25, 0.3) is 10.8 Å². The third-order valence-corrected chi connectivity index (χ3v) is 6.06. The second-order valence-corrected chi connectivity index (χ2v) is 10.8. The number of halogens is 1. The largest absolute Gasteiger partial charge is 0.444 e. The number of sulfonamides is 1. The maximum absolute atomic E-state index is 13.0. The molecule has 0 saturated heterocycles. The van der Waals surface area contributed by atoms with Crippen LogP contribution in [0.5, 0.6) is 0 Å². The van der Waals surface area contributed by atoms with Gasteiger partial charge < -0.3 is 10.1 Å². The van der Waals surface area contributed by atoms with Gasteiger partial charge in [-0.25, -0.2) is 17.9 Å². The average molecular weight is 500 g/mol. The number of alkyl carbamates (subject to hydrolysis) is 1. The van der Waals surface area contributed by atoms with Crippen molar-refractivity contribution in [3.8, 4) is 0 Å². The van der Waals surface area contributed by atoms with E-state index in [9.17, 15) is 18.0 Å². The number of hydrogen-bond donors (Lipinski definition) is 2. The Morgan fingerprint density at radius 1 is 1.17 bits per heavy atom. The molecule has 1 atom stereocenters. The molecule has 0 aliphatic heterocycles. The summed E-state index contributed by atoms with van der Waals surface area (Å²) in [6.45, 7) is 8.81. The van der Waals surface area contributed by atoms with E-state index in [4.69, 9.17) is 4.74 Å². The third kappa shape index (κ3) is 6.40. The molecule has 2 rings (SSSR count). The Kier molecular flexibility index (Phi) is 7.46. The van der Waals surface area contributed by atoms with E-state index in [-0.39, 0.29) is 17.2 Å². The molecule has 1 heterocycles. The van der Waals surface area contributed by atoms with Crippen LogP contribution >= 0.6 is 15.9 Å². The maximum Gasteiger partial charge on any atom is 0.408 e. The van der Waals surface area contributed by atoms with E-state index in [2.05, 4.69) is 31.0 Å². The van der Waals surface area contributed by atoms with Crippen LogP contribution in [-0.2, 0) is 19.6 Å². The summed E-state index contributed by atoms with van der Waals surface area (Å²) < 4.78 is 33.9. The van der Waals surface area contributed by atoms with Gasteiger partial charge in [-0.15, -0.1) is 0 Å². The van der Waals surface area contributed by atoms with Crippen LogP contribution in [0.2, 0.25) is 0 Å². The lowest BCUT2D eigenvalue weighted by molar-refractivity contribution is -0.121. The highest BCUT2D eigenvalue weighted by Gasteiger charge is 2.29. The van der Waals surface area contributed by atoms with Gasteiger partial charge in [-0.2, -0.15) is 0 Å². The third-order valence-electron chi connectivity index (χ3n) is 3.96. The molecule has 0 aliphatic carbocycles. The normalized spacial score (nSPS) is 13.2. The number of pyridine rings is 1. The van der Waals surface area contributed by atoms with Crippen LogP contribution in [0.1, 0.15) is 41.0 Å². The summed E-state index contributed by atoms with van der Waals surface area (Å²) in [5, 5.41) is 3.48. The van der Waals surface area contributed by atoms with E-state index in [1.165, 1.54) is 12.3 Å². The van der Waals surface area contributed by atoms with Gasteiger partial charge in [-0.3, -0.25) is 9.78 Å². The molecule has 2 N–H and O–H groups in total. The minimum Gasteiger partial charge on any atom is -0.444 e.